The fourth-order valence-corrected chi connectivity index (χ4v) is 3.79. The average Bonchev–Trinajstić information content (AvgIpc) is 2.78. The molecule has 1 aromatic rings. The predicted molar refractivity (Wildman–Crippen MR) is 79.0 cm³/mol. The van der Waals surface area contributed by atoms with Gasteiger partial charge >= 0.3 is 0 Å². The largest absolute Gasteiger partial charge is 0.363 e. The number of anilines is 1. The molecule has 2 aliphatic rings. The second kappa shape index (κ2) is 5.60. The predicted octanol–water partition coefficient (Wildman–Crippen LogP) is 2.84. The first kappa shape index (κ1) is 14.3. The minimum Gasteiger partial charge on any atom is -0.363 e. The number of nitro groups is 1. The topological polar surface area (TPSA) is 58.4 Å². The van der Waals surface area contributed by atoms with Gasteiger partial charge in [0.25, 0.3) is 5.69 Å². The smallest absolute Gasteiger partial charge is 0.292 e. The zero-order valence-electron chi connectivity index (χ0n) is 12.1. The van der Waals surface area contributed by atoms with Gasteiger partial charge in [0.2, 0.25) is 0 Å². The first-order chi connectivity index (χ1) is 10.1. The highest BCUT2D eigenvalue weighted by Crippen LogP contribution is 2.36. The van der Waals surface area contributed by atoms with Crippen LogP contribution in [0.3, 0.4) is 0 Å². The molecule has 2 heterocycles. The minimum absolute atomic E-state index is 0.0101. The second-order valence-electron chi connectivity index (χ2n) is 5.94. The third kappa shape index (κ3) is 2.72. The van der Waals surface area contributed by atoms with Crippen LogP contribution in [0.25, 0.3) is 0 Å². The molecular formula is C15H20FN3O2. The van der Waals surface area contributed by atoms with Gasteiger partial charge in [-0.2, -0.15) is 0 Å². The highest BCUT2D eigenvalue weighted by Gasteiger charge is 2.37. The molecule has 2 atom stereocenters. The number of nitrogens with zero attached hydrogens (tertiary/aromatic N) is 2. The standard InChI is InChI=1S/C15H20FN3O2/c1-2-18(13-8-11-4-5-12(9-13)17-11)15-7-10(16)3-6-14(15)19(20)21/h3,6-7,11-13,17H,2,4-5,8-9H2,1H3. The molecule has 2 bridgehead atoms. The monoisotopic (exact) mass is 293 g/mol. The fourth-order valence-electron chi connectivity index (χ4n) is 3.79. The Bertz CT molecular complexity index is 540. The molecule has 1 N–H and O–H groups in total. The maximum absolute atomic E-state index is 13.6. The van der Waals surface area contributed by atoms with Crippen LogP contribution in [0.4, 0.5) is 15.8 Å². The molecule has 2 aliphatic heterocycles. The molecule has 6 heteroatoms. The van der Waals surface area contributed by atoms with E-state index in [0.29, 0.717) is 24.3 Å². The molecule has 0 aromatic heterocycles. The van der Waals surface area contributed by atoms with Crippen molar-refractivity contribution in [2.24, 2.45) is 0 Å². The SMILES string of the molecule is CCN(c1cc(F)ccc1[N+](=O)[O-])C1CC2CCC(C1)N2. The first-order valence-corrected chi connectivity index (χ1v) is 7.55. The Morgan fingerprint density at radius 2 is 2.05 bits per heavy atom. The molecule has 0 radical (unpaired) electrons. The summed E-state index contributed by atoms with van der Waals surface area (Å²) in [5.74, 6) is -0.425. The Morgan fingerprint density at radius 3 is 2.62 bits per heavy atom. The molecule has 2 unspecified atom stereocenters. The average molecular weight is 293 g/mol. The number of hydrogen-bond donors (Lipinski definition) is 1. The van der Waals surface area contributed by atoms with Crippen LogP contribution >= 0.6 is 0 Å². The van der Waals surface area contributed by atoms with Gasteiger partial charge in [-0.05, 0) is 38.7 Å². The maximum Gasteiger partial charge on any atom is 0.292 e. The van der Waals surface area contributed by atoms with Crippen LogP contribution in [0.5, 0.6) is 0 Å². The Balaban J connectivity index is 1.92. The van der Waals surface area contributed by atoms with Gasteiger partial charge < -0.3 is 10.2 Å². The zero-order valence-corrected chi connectivity index (χ0v) is 12.1. The Labute approximate surface area is 123 Å². The summed E-state index contributed by atoms with van der Waals surface area (Å²) in [5.41, 5.74) is 0.401. The molecule has 114 valence electrons. The third-order valence-corrected chi connectivity index (χ3v) is 4.67. The molecule has 2 saturated heterocycles. The first-order valence-electron chi connectivity index (χ1n) is 7.55. The second-order valence-corrected chi connectivity index (χ2v) is 5.94. The van der Waals surface area contributed by atoms with E-state index in [1.807, 2.05) is 11.8 Å². The van der Waals surface area contributed by atoms with E-state index < -0.39 is 10.7 Å². The van der Waals surface area contributed by atoms with Crippen molar-refractivity contribution in [3.8, 4) is 0 Å². The number of benzene rings is 1. The summed E-state index contributed by atoms with van der Waals surface area (Å²) in [4.78, 5) is 12.8. The van der Waals surface area contributed by atoms with Crippen molar-refractivity contribution < 1.29 is 9.31 Å². The van der Waals surface area contributed by atoms with Crippen molar-refractivity contribution in [3.63, 3.8) is 0 Å². The Hall–Kier alpha value is -1.69. The quantitative estimate of drug-likeness (QED) is 0.685. The van der Waals surface area contributed by atoms with E-state index in [2.05, 4.69) is 5.32 Å². The lowest BCUT2D eigenvalue weighted by molar-refractivity contribution is -0.384. The molecule has 0 aliphatic carbocycles. The summed E-state index contributed by atoms with van der Waals surface area (Å²) in [7, 11) is 0. The normalized spacial score (nSPS) is 27.6. The van der Waals surface area contributed by atoms with Gasteiger partial charge in [0.1, 0.15) is 11.5 Å². The van der Waals surface area contributed by atoms with Crippen molar-refractivity contribution >= 4 is 11.4 Å². The van der Waals surface area contributed by atoms with Gasteiger partial charge in [-0.25, -0.2) is 4.39 Å². The summed E-state index contributed by atoms with van der Waals surface area (Å²) in [6.45, 7) is 2.62. The highest BCUT2D eigenvalue weighted by atomic mass is 19.1. The number of nitrogens with one attached hydrogen (secondary N) is 1. The van der Waals surface area contributed by atoms with Crippen LogP contribution in [0.1, 0.15) is 32.6 Å². The van der Waals surface area contributed by atoms with Crippen molar-refractivity contribution in [1.82, 2.24) is 5.32 Å². The van der Waals surface area contributed by atoms with Gasteiger partial charge in [0, 0.05) is 36.8 Å². The number of piperidine rings is 1. The van der Waals surface area contributed by atoms with Crippen molar-refractivity contribution in [1.29, 1.82) is 0 Å². The number of nitro benzene ring substituents is 1. The summed E-state index contributed by atoms with van der Waals surface area (Å²) in [6, 6.07) is 4.95. The van der Waals surface area contributed by atoms with E-state index in [9.17, 15) is 14.5 Å². The molecule has 0 spiro atoms. The van der Waals surface area contributed by atoms with E-state index in [-0.39, 0.29) is 11.7 Å². The summed E-state index contributed by atoms with van der Waals surface area (Å²) < 4.78 is 13.6. The highest BCUT2D eigenvalue weighted by molar-refractivity contribution is 5.64. The van der Waals surface area contributed by atoms with Crippen LogP contribution in [0, 0.1) is 15.9 Å². The van der Waals surface area contributed by atoms with Crippen molar-refractivity contribution in [3.05, 3.63) is 34.1 Å². The van der Waals surface area contributed by atoms with Gasteiger partial charge in [-0.1, -0.05) is 0 Å². The molecule has 21 heavy (non-hydrogen) atoms. The van der Waals surface area contributed by atoms with Gasteiger partial charge in [-0.3, -0.25) is 10.1 Å². The molecule has 5 nitrogen and oxygen atoms in total. The van der Waals surface area contributed by atoms with E-state index in [0.717, 1.165) is 18.9 Å². The van der Waals surface area contributed by atoms with Gasteiger partial charge in [-0.15, -0.1) is 0 Å². The molecule has 0 saturated carbocycles. The van der Waals surface area contributed by atoms with E-state index in [4.69, 9.17) is 0 Å². The van der Waals surface area contributed by atoms with Crippen LogP contribution in [0.15, 0.2) is 18.2 Å². The minimum atomic E-state index is -0.425. The van der Waals surface area contributed by atoms with Crippen LogP contribution in [-0.2, 0) is 0 Å². The van der Waals surface area contributed by atoms with Gasteiger partial charge in [0.05, 0.1) is 4.92 Å². The molecular weight excluding hydrogens is 273 g/mol. The maximum atomic E-state index is 13.6. The zero-order chi connectivity index (χ0) is 15.0. The number of fused-ring (bicyclic) bond motifs is 2. The fraction of sp³-hybridized carbons (Fsp3) is 0.600. The summed E-state index contributed by atoms with van der Waals surface area (Å²) >= 11 is 0. The van der Waals surface area contributed by atoms with Crippen LogP contribution in [0.2, 0.25) is 0 Å². The number of hydrogen-bond acceptors (Lipinski definition) is 4. The summed E-state index contributed by atoms with van der Waals surface area (Å²) in [6.07, 6.45) is 4.28. The molecule has 3 rings (SSSR count). The lowest BCUT2D eigenvalue weighted by atomic mass is 9.97. The number of rotatable bonds is 4. The number of halogens is 1. The van der Waals surface area contributed by atoms with E-state index in [1.165, 1.54) is 25.0 Å². The molecule has 0 amide bonds. The van der Waals surface area contributed by atoms with Crippen LogP contribution in [-0.4, -0.2) is 29.6 Å². The Morgan fingerprint density at radius 1 is 1.38 bits per heavy atom. The lowest BCUT2D eigenvalue weighted by Crippen LogP contribution is -2.48. The van der Waals surface area contributed by atoms with E-state index >= 15 is 0 Å². The molecule has 1 aromatic carbocycles. The van der Waals surface area contributed by atoms with Gasteiger partial charge in [0.15, 0.2) is 0 Å². The van der Waals surface area contributed by atoms with E-state index in [1.54, 1.807) is 0 Å². The lowest BCUT2D eigenvalue weighted by Gasteiger charge is -2.38. The van der Waals surface area contributed by atoms with Crippen molar-refractivity contribution in [2.75, 3.05) is 11.4 Å². The molecule has 2 fully saturated rings. The summed E-state index contributed by atoms with van der Waals surface area (Å²) in [5, 5.41) is 14.8. The Kier molecular flexibility index (Phi) is 3.80. The third-order valence-electron chi connectivity index (χ3n) is 4.67. The van der Waals surface area contributed by atoms with Crippen molar-refractivity contribution in [2.45, 2.75) is 50.7 Å². The van der Waals surface area contributed by atoms with Crippen LogP contribution < -0.4 is 10.2 Å².